The number of hydrogen-bond donors (Lipinski definition) is 2. The standard InChI is InChI=1S/C10H12N6/c11-2-5-16(6-3-12)8-10-7-9(15-13)1-4-14-10/h1,4,7H,5-6,8,13H2,(H,14,15). The molecule has 6 heteroatoms. The van der Waals surface area contributed by atoms with Crippen LogP contribution in [0.15, 0.2) is 18.3 Å². The number of nitrogens with one attached hydrogen (secondary N) is 1. The second-order valence-corrected chi connectivity index (χ2v) is 3.14. The largest absolute Gasteiger partial charge is 0.324 e. The highest BCUT2D eigenvalue weighted by atomic mass is 15.2. The Morgan fingerprint density at radius 3 is 2.62 bits per heavy atom. The minimum absolute atomic E-state index is 0.204. The van der Waals surface area contributed by atoms with E-state index in [1.165, 1.54) is 0 Å². The maximum atomic E-state index is 8.59. The fraction of sp³-hybridized carbons (Fsp3) is 0.300. The highest BCUT2D eigenvalue weighted by Crippen LogP contribution is 2.08. The SMILES string of the molecule is N#CCN(CC#N)Cc1cc(NN)ccn1. The highest BCUT2D eigenvalue weighted by Gasteiger charge is 2.06. The zero-order chi connectivity index (χ0) is 11.8. The van der Waals surface area contributed by atoms with Crippen LogP contribution in [0.3, 0.4) is 0 Å². The summed E-state index contributed by atoms with van der Waals surface area (Å²) in [5.74, 6) is 5.27. The molecule has 0 amide bonds. The first-order valence-corrected chi connectivity index (χ1v) is 4.68. The fourth-order valence-electron chi connectivity index (χ4n) is 1.25. The molecule has 0 unspecified atom stereocenters. The molecule has 3 N–H and O–H groups in total. The van der Waals surface area contributed by atoms with E-state index < -0.39 is 0 Å². The van der Waals surface area contributed by atoms with Crippen molar-refractivity contribution in [2.24, 2.45) is 5.84 Å². The van der Waals surface area contributed by atoms with Crippen molar-refractivity contribution < 1.29 is 0 Å². The lowest BCUT2D eigenvalue weighted by molar-refractivity contribution is 0.330. The Kier molecular flexibility index (Phi) is 4.74. The van der Waals surface area contributed by atoms with E-state index in [2.05, 4.69) is 10.4 Å². The molecule has 16 heavy (non-hydrogen) atoms. The van der Waals surface area contributed by atoms with Crippen LogP contribution in [0.2, 0.25) is 0 Å². The third-order valence-electron chi connectivity index (χ3n) is 1.96. The first-order chi connectivity index (χ1) is 7.80. The third-order valence-corrected chi connectivity index (χ3v) is 1.96. The molecular weight excluding hydrogens is 204 g/mol. The summed E-state index contributed by atoms with van der Waals surface area (Å²) < 4.78 is 0. The molecule has 0 aliphatic carbocycles. The van der Waals surface area contributed by atoms with Crippen molar-refractivity contribution in [2.45, 2.75) is 6.54 Å². The first-order valence-electron chi connectivity index (χ1n) is 4.68. The minimum atomic E-state index is 0.204. The maximum Gasteiger partial charge on any atom is 0.0877 e. The van der Waals surface area contributed by atoms with E-state index in [4.69, 9.17) is 16.4 Å². The summed E-state index contributed by atoms with van der Waals surface area (Å²) in [7, 11) is 0. The molecule has 0 radical (unpaired) electrons. The van der Waals surface area contributed by atoms with Crippen LogP contribution in [0.25, 0.3) is 0 Å². The maximum absolute atomic E-state index is 8.59. The van der Waals surface area contributed by atoms with Crippen LogP contribution in [-0.2, 0) is 6.54 Å². The average Bonchev–Trinajstić information content (AvgIpc) is 2.30. The van der Waals surface area contributed by atoms with E-state index in [1.54, 1.807) is 23.2 Å². The van der Waals surface area contributed by atoms with Crippen molar-refractivity contribution >= 4 is 5.69 Å². The van der Waals surface area contributed by atoms with Gasteiger partial charge in [0.2, 0.25) is 0 Å². The number of hydrogen-bond acceptors (Lipinski definition) is 6. The molecule has 1 aromatic heterocycles. The van der Waals surface area contributed by atoms with Gasteiger partial charge in [-0.2, -0.15) is 10.5 Å². The summed E-state index contributed by atoms with van der Waals surface area (Å²) in [6.45, 7) is 0.863. The Balaban J connectivity index is 2.70. The van der Waals surface area contributed by atoms with Gasteiger partial charge in [0.15, 0.2) is 0 Å². The minimum Gasteiger partial charge on any atom is -0.324 e. The van der Waals surface area contributed by atoms with E-state index in [9.17, 15) is 0 Å². The molecule has 0 spiro atoms. The van der Waals surface area contributed by atoms with Crippen LogP contribution in [0.4, 0.5) is 5.69 Å². The normalized spacial score (nSPS) is 9.50. The summed E-state index contributed by atoms with van der Waals surface area (Å²) >= 11 is 0. The molecule has 0 aliphatic rings. The van der Waals surface area contributed by atoms with E-state index in [1.807, 2.05) is 12.1 Å². The van der Waals surface area contributed by atoms with Gasteiger partial charge in [0.25, 0.3) is 0 Å². The van der Waals surface area contributed by atoms with Crippen molar-refractivity contribution in [3.8, 4) is 12.1 Å². The molecule has 0 saturated carbocycles. The molecule has 1 aromatic rings. The number of nitrogens with zero attached hydrogens (tertiary/aromatic N) is 4. The third kappa shape index (κ3) is 3.54. The zero-order valence-electron chi connectivity index (χ0n) is 8.72. The van der Waals surface area contributed by atoms with Crippen molar-refractivity contribution in [3.05, 3.63) is 24.0 Å². The Bertz CT molecular complexity index is 400. The van der Waals surface area contributed by atoms with Crippen LogP contribution in [0, 0.1) is 22.7 Å². The number of nitrogens with two attached hydrogens (primary N) is 1. The first kappa shape index (κ1) is 11.9. The topological polar surface area (TPSA) is 102 Å². The number of hydrazine groups is 1. The molecule has 1 heterocycles. The predicted molar refractivity (Wildman–Crippen MR) is 58.6 cm³/mol. The summed E-state index contributed by atoms with van der Waals surface area (Å²) in [4.78, 5) is 5.83. The van der Waals surface area contributed by atoms with Crippen molar-refractivity contribution in [1.82, 2.24) is 9.88 Å². The van der Waals surface area contributed by atoms with Crippen LogP contribution in [0.1, 0.15) is 5.69 Å². The van der Waals surface area contributed by atoms with Gasteiger partial charge in [0.1, 0.15) is 0 Å². The van der Waals surface area contributed by atoms with E-state index in [-0.39, 0.29) is 13.1 Å². The molecule has 0 fully saturated rings. The Labute approximate surface area is 93.9 Å². The Morgan fingerprint density at radius 1 is 1.38 bits per heavy atom. The Hall–Kier alpha value is -2.15. The van der Waals surface area contributed by atoms with E-state index >= 15 is 0 Å². The summed E-state index contributed by atoms with van der Waals surface area (Å²) in [6.07, 6.45) is 1.63. The molecule has 0 atom stereocenters. The van der Waals surface area contributed by atoms with E-state index in [0.717, 1.165) is 11.4 Å². The van der Waals surface area contributed by atoms with Gasteiger partial charge in [0.05, 0.1) is 36.6 Å². The molecule has 0 aromatic carbocycles. The smallest absolute Gasteiger partial charge is 0.0877 e. The van der Waals surface area contributed by atoms with Gasteiger partial charge >= 0.3 is 0 Å². The highest BCUT2D eigenvalue weighted by molar-refractivity contribution is 5.41. The lowest BCUT2D eigenvalue weighted by Gasteiger charge is -2.14. The lowest BCUT2D eigenvalue weighted by Crippen LogP contribution is -2.24. The summed E-state index contributed by atoms with van der Waals surface area (Å²) in [6, 6.07) is 7.53. The summed E-state index contributed by atoms with van der Waals surface area (Å²) in [5.41, 5.74) is 4.03. The van der Waals surface area contributed by atoms with Crippen LogP contribution >= 0.6 is 0 Å². The van der Waals surface area contributed by atoms with Crippen LogP contribution in [0.5, 0.6) is 0 Å². The molecule has 82 valence electrons. The second kappa shape index (κ2) is 6.36. The number of aromatic nitrogens is 1. The number of nitrogen functional groups attached to an aromatic ring is 1. The van der Waals surface area contributed by atoms with Crippen molar-refractivity contribution in [3.63, 3.8) is 0 Å². The Morgan fingerprint density at radius 2 is 2.06 bits per heavy atom. The van der Waals surface area contributed by atoms with Gasteiger partial charge < -0.3 is 5.43 Å². The second-order valence-electron chi connectivity index (χ2n) is 3.14. The quantitative estimate of drug-likeness (QED) is 0.414. The van der Waals surface area contributed by atoms with Gasteiger partial charge in [-0.05, 0) is 12.1 Å². The van der Waals surface area contributed by atoms with Gasteiger partial charge in [-0.25, -0.2) is 0 Å². The molecule has 0 saturated heterocycles. The predicted octanol–water partition coefficient (Wildman–Crippen LogP) is 0.216. The molecule has 0 bridgehead atoms. The fourth-order valence-corrected chi connectivity index (χ4v) is 1.25. The lowest BCUT2D eigenvalue weighted by atomic mass is 10.3. The van der Waals surface area contributed by atoms with Crippen LogP contribution < -0.4 is 11.3 Å². The monoisotopic (exact) mass is 216 g/mol. The molecule has 6 nitrogen and oxygen atoms in total. The average molecular weight is 216 g/mol. The van der Waals surface area contributed by atoms with Gasteiger partial charge in [-0.15, -0.1) is 0 Å². The van der Waals surface area contributed by atoms with Gasteiger partial charge in [-0.1, -0.05) is 0 Å². The molecule has 0 aliphatic heterocycles. The summed E-state index contributed by atoms with van der Waals surface area (Å²) in [5, 5.41) is 17.2. The molecule has 1 rings (SSSR count). The number of nitriles is 2. The van der Waals surface area contributed by atoms with Crippen molar-refractivity contribution in [2.75, 3.05) is 18.5 Å². The number of anilines is 1. The van der Waals surface area contributed by atoms with Gasteiger partial charge in [0, 0.05) is 12.7 Å². The number of pyridine rings is 1. The van der Waals surface area contributed by atoms with Gasteiger partial charge in [-0.3, -0.25) is 15.7 Å². The van der Waals surface area contributed by atoms with Crippen molar-refractivity contribution in [1.29, 1.82) is 10.5 Å². The number of rotatable bonds is 5. The zero-order valence-corrected chi connectivity index (χ0v) is 8.72. The molecular formula is C10H12N6. The van der Waals surface area contributed by atoms with E-state index in [0.29, 0.717) is 6.54 Å². The van der Waals surface area contributed by atoms with Crippen LogP contribution in [-0.4, -0.2) is 23.0 Å².